The van der Waals surface area contributed by atoms with Crippen LogP contribution in [0.15, 0.2) is 0 Å². The molecular formula is C12H21N5O6S2. The Morgan fingerprint density at radius 3 is 1.96 bits per heavy atom. The summed E-state index contributed by atoms with van der Waals surface area (Å²) in [7, 11) is 0. The number of nitrogens with two attached hydrogens (primary N) is 2. The number of nitrogens with one attached hydrogen (secondary N) is 3. The van der Waals surface area contributed by atoms with Crippen LogP contribution in [0.4, 0.5) is 0 Å². The van der Waals surface area contributed by atoms with Gasteiger partial charge in [-0.25, -0.2) is 4.79 Å². The highest BCUT2D eigenvalue weighted by molar-refractivity contribution is 7.80. The Morgan fingerprint density at radius 1 is 0.960 bits per heavy atom. The number of carboxylic acid groups (broad SMARTS) is 1. The topological polar surface area (TPSA) is 194 Å². The molecule has 11 nitrogen and oxygen atoms in total. The minimum atomic E-state index is -1.27. The summed E-state index contributed by atoms with van der Waals surface area (Å²) in [6.07, 6.45) is -0.393. The quantitative estimate of drug-likeness (QED) is 0.164. The zero-order chi connectivity index (χ0) is 19.6. The van der Waals surface area contributed by atoms with Crippen molar-refractivity contribution in [2.75, 3.05) is 18.1 Å². The van der Waals surface area contributed by atoms with Gasteiger partial charge in [-0.1, -0.05) is 0 Å². The van der Waals surface area contributed by atoms with Gasteiger partial charge in [-0.15, -0.1) is 0 Å². The number of amides is 4. The molecule has 0 fully saturated rings. The van der Waals surface area contributed by atoms with Crippen LogP contribution in [0.1, 0.15) is 6.42 Å². The van der Waals surface area contributed by atoms with Crippen molar-refractivity contribution in [2.24, 2.45) is 11.5 Å². The predicted octanol–water partition coefficient (Wildman–Crippen LogP) is -3.78. The third-order valence-electron chi connectivity index (χ3n) is 2.81. The van der Waals surface area contributed by atoms with E-state index < -0.39 is 60.7 Å². The number of thiol groups is 2. The minimum absolute atomic E-state index is 0.100. The summed E-state index contributed by atoms with van der Waals surface area (Å²) in [5, 5.41) is 15.4. The van der Waals surface area contributed by atoms with E-state index in [1.807, 2.05) is 0 Å². The monoisotopic (exact) mass is 395 g/mol. The molecule has 0 aromatic heterocycles. The summed E-state index contributed by atoms with van der Waals surface area (Å²) in [6.45, 7) is -0.510. The molecule has 0 radical (unpaired) electrons. The molecular weight excluding hydrogens is 374 g/mol. The lowest BCUT2D eigenvalue weighted by Gasteiger charge is -2.19. The molecule has 0 saturated heterocycles. The second-order valence-corrected chi connectivity index (χ2v) is 5.61. The third kappa shape index (κ3) is 9.16. The number of carboxylic acids is 1. The Kier molecular flexibility index (Phi) is 10.6. The van der Waals surface area contributed by atoms with E-state index in [0.717, 1.165) is 0 Å². The lowest BCUT2D eigenvalue weighted by molar-refractivity contribution is -0.141. The molecule has 0 aliphatic carbocycles. The Labute approximate surface area is 154 Å². The number of aliphatic carboxylic acids is 1. The van der Waals surface area contributed by atoms with E-state index in [0.29, 0.717) is 0 Å². The molecule has 0 saturated carbocycles. The van der Waals surface area contributed by atoms with Crippen LogP contribution < -0.4 is 27.4 Å². The molecule has 0 aliphatic heterocycles. The van der Waals surface area contributed by atoms with Crippen LogP contribution in [0.2, 0.25) is 0 Å². The molecule has 4 amide bonds. The van der Waals surface area contributed by atoms with E-state index in [2.05, 4.69) is 41.2 Å². The first kappa shape index (κ1) is 23.0. The van der Waals surface area contributed by atoms with Gasteiger partial charge in [0.25, 0.3) is 0 Å². The van der Waals surface area contributed by atoms with Gasteiger partial charge >= 0.3 is 5.97 Å². The zero-order valence-electron chi connectivity index (χ0n) is 13.1. The van der Waals surface area contributed by atoms with Crippen molar-refractivity contribution >= 4 is 54.9 Å². The molecule has 142 valence electrons. The Bertz CT molecular complexity index is 532. The largest absolute Gasteiger partial charge is 0.480 e. The summed E-state index contributed by atoms with van der Waals surface area (Å²) in [5.74, 6) is -4.52. The summed E-state index contributed by atoms with van der Waals surface area (Å²) < 4.78 is 0. The number of rotatable bonds is 11. The fraction of sp³-hybridized carbons (Fsp3) is 0.583. The predicted molar refractivity (Wildman–Crippen MR) is 94.0 cm³/mol. The molecule has 0 rings (SSSR count). The summed E-state index contributed by atoms with van der Waals surface area (Å²) in [4.78, 5) is 56.7. The van der Waals surface area contributed by atoms with Gasteiger partial charge in [0.15, 0.2) is 0 Å². The van der Waals surface area contributed by atoms with Crippen LogP contribution in [-0.2, 0) is 24.0 Å². The minimum Gasteiger partial charge on any atom is -0.480 e. The second-order valence-electron chi connectivity index (χ2n) is 4.88. The van der Waals surface area contributed by atoms with Gasteiger partial charge in [0.2, 0.25) is 23.6 Å². The second kappa shape index (κ2) is 11.5. The van der Waals surface area contributed by atoms with Crippen molar-refractivity contribution in [1.29, 1.82) is 0 Å². The molecule has 0 spiro atoms. The van der Waals surface area contributed by atoms with Crippen LogP contribution in [0.25, 0.3) is 0 Å². The van der Waals surface area contributed by atoms with Crippen LogP contribution in [0.3, 0.4) is 0 Å². The average molecular weight is 395 g/mol. The number of carbonyl (C=O) groups excluding carboxylic acids is 4. The first-order valence-corrected chi connectivity index (χ1v) is 8.24. The SMILES string of the molecule is NC(=O)CC(N)C(=O)NC(CS)C(=O)NCC(=O)NC(CS)C(=O)O. The Hall–Kier alpha value is -1.99. The normalized spacial score (nSPS) is 13.9. The first-order valence-electron chi connectivity index (χ1n) is 6.98. The van der Waals surface area contributed by atoms with Crippen molar-refractivity contribution in [3.63, 3.8) is 0 Å². The fourth-order valence-electron chi connectivity index (χ4n) is 1.50. The summed E-state index contributed by atoms with van der Waals surface area (Å²) in [6, 6.07) is -3.52. The van der Waals surface area contributed by atoms with E-state index >= 15 is 0 Å². The van der Waals surface area contributed by atoms with Crippen LogP contribution in [0.5, 0.6) is 0 Å². The van der Waals surface area contributed by atoms with E-state index in [9.17, 15) is 24.0 Å². The summed E-state index contributed by atoms with van der Waals surface area (Å²) in [5.41, 5.74) is 10.4. The highest BCUT2D eigenvalue weighted by Gasteiger charge is 2.24. The maximum absolute atomic E-state index is 11.9. The Balaban J connectivity index is 4.50. The van der Waals surface area contributed by atoms with E-state index in [-0.39, 0.29) is 11.5 Å². The van der Waals surface area contributed by atoms with Gasteiger partial charge in [0, 0.05) is 11.5 Å². The highest BCUT2D eigenvalue weighted by atomic mass is 32.1. The van der Waals surface area contributed by atoms with Gasteiger partial charge < -0.3 is 32.5 Å². The van der Waals surface area contributed by atoms with Crippen LogP contribution in [-0.4, -0.2) is 70.9 Å². The van der Waals surface area contributed by atoms with Crippen molar-refractivity contribution in [3.8, 4) is 0 Å². The van der Waals surface area contributed by atoms with E-state index in [1.165, 1.54) is 0 Å². The molecule has 13 heteroatoms. The Morgan fingerprint density at radius 2 is 1.52 bits per heavy atom. The number of hydrogen-bond donors (Lipinski definition) is 8. The maximum atomic E-state index is 11.9. The van der Waals surface area contributed by atoms with Crippen molar-refractivity contribution in [3.05, 3.63) is 0 Å². The molecule has 0 heterocycles. The van der Waals surface area contributed by atoms with Gasteiger partial charge in [0.1, 0.15) is 12.1 Å². The molecule has 8 N–H and O–H groups in total. The number of primary amides is 1. The molecule has 3 atom stereocenters. The highest BCUT2D eigenvalue weighted by Crippen LogP contribution is 1.94. The van der Waals surface area contributed by atoms with Gasteiger partial charge in [-0.05, 0) is 0 Å². The third-order valence-corrected chi connectivity index (χ3v) is 3.54. The molecule has 0 bridgehead atoms. The van der Waals surface area contributed by atoms with Gasteiger partial charge in [-0.3, -0.25) is 19.2 Å². The fourth-order valence-corrected chi connectivity index (χ4v) is 2.01. The van der Waals surface area contributed by atoms with Crippen molar-refractivity contribution in [1.82, 2.24) is 16.0 Å². The van der Waals surface area contributed by atoms with Crippen LogP contribution >= 0.6 is 25.3 Å². The molecule has 25 heavy (non-hydrogen) atoms. The van der Waals surface area contributed by atoms with Gasteiger partial charge in [0.05, 0.1) is 19.0 Å². The molecule has 0 aromatic rings. The lowest BCUT2D eigenvalue weighted by Crippen LogP contribution is -2.54. The van der Waals surface area contributed by atoms with Crippen molar-refractivity contribution in [2.45, 2.75) is 24.5 Å². The number of carbonyl (C=O) groups is 5. The smallest absolute Gasteiger partial charge is 0.327 e. The average Bonchev–Trinajstić information content (AvgIpc) is 2.53. The lowest BCUT2D eigenvalue weighted by atomic mass is 10.2. The van der Waals surface area contributed by atoms with E-state index in [4.69, 9.17) is 16.6 Å². The zero-order valence-corrected chi connectivity index (χ0v) is 14.9. The molecule has 0 aliphatic rings. The van der Waals surface area contributed by atoms with Gasteiger partial charge in [-0.2, -0.15) is 25.3 Å². The first-order chi connectivity index (χ1) is 11.6. The van der Waals surface area contributed by atoms with E-state index in [1.54, 1.807) is 0 Å². The van der Waals surface area contributed by atoms with Crippen LogP contribution in [0, 0.1) is 0 Å². The number of hydrogen-bond acceptors (Lipinski definition) is 8. The molecule has 3 unspecified atom stereocenters. The summed E-state index contributed by atoms with van der Waals surface area (Å²) >= 11 is 7.69. The standard InChI is InChI=1S/C12H21N5O6S2/c13-5(1-8(14)18)10(20)17-6(3-24)11(21)15-2-9(19)16-7(4-25)12(22)23/h5-7,24-25H,1-4,13H2,(H2,14,18)(H,15,21)(H,16,19)(H,17,20)(H,22,23). The maximum Gasteiger partial charge on any atom is 0.327 e. The van der Waals surface area contributed by atoms with Crippen molar-refractivity contribution < 1.29 is 29.1 Å². The molecule has 0 aromatic carbocycles.